The monoisotopic (exact) mass is 268 g/mol. The second-order valence-corrected chi connectivity index (χ2v) is 4.87. The van der Waals surface area contributed by atoms with Crippen molar-refractivity contribution in [3.8, 4) is 0 Å². The van der Waals surface area contributed by atoms with Gasteiger partial charge < -0.3 is 10.3 Å². The number of benzene rings is 1. The molecule has 0 atom stereocenters. The quantitative estimate of drug-likeness (QED) is 0.779. The van der Waals surface area contributed by atoms with Gasteiger partial charge in [-0.25, -0.2) is 4.52 Å². The topological polar surface area (TPSA) is 65.3 Å². The summed E-state index contributed by atoms with van der Waals surface area (Å²) in [5.41, 5.74) is 9.15. The zero-order chi connectivity index (χ0) is 14.1. The van der Waals surface area contributed by atoms with Gasteiger partial charge in [0.1, 0.15) is 5.52 Å². The molecule has 0 saturated heterocycles. The number of aryl methyl sites for hydroxylation is 1. The van der Waals surface area contributed by atoms with Crippen molar-refractivity contribution >= 4 is 5.52 Å². The van der Waals surface area contributed by atoms with Crippen molar-refractivity contribution in [2.75, 3.05) is 0 Å². The Morgan fingerprint density at radius 1 is 1.15 bits per heavy atom. The van der Waals surface area contributed by atoms with Crippen molar-refractivity contribution in [3.05, 3.63) is 69.9 Å². The number of hydrogen-bond acceptors (Lipinski definition) is 3. The molecule has 0 saturated carbocycles. The van der Waals surface area contributed by atoms with E-state index in [-0.39, 0.29) is 5.56 Å². The summed E-state index contributed by atoms with van der Waals surface area (Å²) in [5.74, 6) is 0. The van der Waals surface area contributed by atoms with Crippen molar-refractivity contribution in [1.82, 2.24) is 14.2 Å². The van der Waals surface area contributed by atoms with E-state index >= 15 is 0 Å². The molecule has 2 aromatic heterocycles. The van der Waals surface area contributed by atoms with Crippen molar-refractivity contribution < 1.29 is 0 Å². The fraction of sp³-hybridized carbons (Fsp3) is 0.200. The molecule has 2 N–H and O–H groups in total. The second kappa shape index (κ2) is 4.94. The van der Waals surface area contributed by atoms with Crippen molar-refractivity contribution in [2.24, 2.45) is 5.73 Å². The first-order chi connectivity index (χ1) is 9.67. The van der Waals surface area contributed by atoms with Crippen molar-refractivity contribution in [3.63, 3.8) is 0 Å². The van der Waals surface area contributed by atoms with Gasteiger partial charge in [-0.15, -0.1) is 0 Å². The van der Waals surface area contributed by atoms with E-state index < -0.39 is 0 Å². The number of aromatic nitrogens is 3. The Balaban J connectivity index is 1.97. The normalized spacial score (nSPS) is 11.1. The maximum absolute atomic E-state index is 12.4. The summed E-state index contributed by atoms with van der Waals surface area (Å²) in [5, 5.41) is 4.23. The lowest BCUT2D eigenvalue weighted by atomic mass is 10.1. The van der Waals surface area contributed by atoms with Gasteiger partial charge in [-0.05, 0) is 24.1 Å². The van der Waals surface area contributed by atoms with E-state index in [1.807, 2.05) is 31.2 Å². The maximum atomic E-state index is 12.4. The number of nitrogens with zero attached hydrogens (tertiary/aromatic N) is 3. The zero-order valence-corrected chi connectivity index (χ0v) is 11.3. The van der Waals surface area contributed by atoms with E-state index in [9.17, 15) is 4.79 Å². The van der Waals surface area contributed by atoms with Crippen LogP contribution in [-0.2, 0) is 13.1 Å². The fourth-order valence-corrected chi connectivity index (χ4v) is 2.25. The van der Waals surface area contributed by atoms with E-state index in [0.29, 0.717) is 18.6 Å². The van der Waals surface area contributed by atoms with Gasteiger partial charge in [-0.3, -0.25) is 4.79 Å². The molecule has 2 heterocycles. The molecule has 0 amide bonds. The highest BCUT2D eigenvalue weighted by Gasteiger charge is 2.05. The molecule has 0 unspecified atom stereocenters. The Kier molecular flexibility index (Phi) is 3.12. The predicted octanol–water partition coefficient (Wildman–Crippen LogP) is 1.31. The van der Waals surface area contributed by atoms with Gasteiger partial charge in [0.25, 0.3) is 5.56 Å². The molecule has 0 aliphatic rings. The summed E-state index contributed by atoms with van der Waals surface area (Å²) in [6.07, 6.45) is 3.57. The molecule has 102 valence electrons. The van der Waals surface area contributed by atoms with Gasteiger partial charge in [0.05, 0.1) is 12.2 Å². The van der Waals surface area contributed by atoms with Crippen LogP contribution in [-0.4, -0.2) is 14.2 Å². The summed E-state index contributed by atoms with van der Waals surface area (Å²) in [6, 6.07) is 9.78. The molecule has 0 spiro atoms. The Bertz CT molecular complexity index is 799. The SMILES string of the molecule is Cc1cc2c(=O)n(Cc3ccc(CN)cc3)ccn2n1. The highest BCUT2D eigenvalue weighted by molar-refractivity contribution is 5.45. The Hall–Kier alpha value is -2.40. The standard InChI is InChI=1S/C15H16N4O/c1-11-8-14-15(20)18(6-7-19(14)17-11)10-13-4-2-12(9-16)3-5-13/h2-8H,9-10,16H2,1H3. The van der Waals surface area contributed by atoms with Crippen LogP contribution in [0.5, 0.6) is 0 Å². The predicted molar refractivity (Wildman–Crippen MR) is 77.6 cm³/mol. The second-order valence-electron chi connectivity index (χ2n) is 4.87. The van der Waals surface area contributed by atoms with E-state index in [4.69, 9.17) is 5.73 Å². The summed E-state index contributed by atoms with van der Waals surface area (Å²) in [7, 11) is 0. The van der Waals surface area contributed by atoms with E-state index in [1.165, 1.54) is 0 Å². The number of fused-ring (bicyclic) bond motifs is 1. The van der Waals surface area contributed by atoms with Crippen molar-refractivity contribution in [1.29, 1.82) is 0 Å². The summed E-state index contributed by atoms with van der Waals surface area (Å²) < 4.78 is 3.31. The smallest absolute Gasteiger partial charge is 0.276 e. The summed E-state index contributed by atoms with van der Waals surface area (Å²) in [4.78, 5) is 12.4. The highest BCUT2D eigenvalue weighted by Crippen LogP contribution is 2.06. The van der Waals surface area contributed by atoms with Crippen LogP contribution in [0.1, 0.15) is 16.8 Å². The van der Waals surface area contributed by atoms with Crippen LogP contribution >= 0.6 is 0 Å². The minimum absolute atomic E-state index is 0.0315. The number of rotatable bonds is 3. The van der Waals surface area contributed by atoms with Gasteiger partial charge in [0, 0.05) is 18.9 Å². The van der Waals surface area contributed by atoms with Crippen LogP contribution in [0, 0.1) is 6.92 Å². The molecule has 0 bridgehead atoms. The molecular weight excluding hydrogens is 252 g/mol. The molecule has 3 rings (SSSR count). The van der Waals surface area contributed by atoms with Crippen molar-refractivity contribution in [2.45, 2.75) is 20.0 Å². The molecule has 0 aliphatic heterocycles. The molecule has 1 aromatic carbocycles. The van der Waals surface area contributed by atoms with E-state index in [1.54, 1.807) is 27.5 Å². The molecule has 5 nitrogen and oxygen atoms in total. The lowest BCUT2D eigenvalue weighted by molar-refractivity contribution is 0.741. The molecule has 3 aromatic rings. The molecular formula is C15H16N4O. The Labute approximate surface area is 116 Å². The molecule has 0 fully saturated rings. The summed E-state index contributed by atoms with van der Waals surface area (Å²) >= 11 is 0. The zero-order valence-electron chi connectivity index (χ0n) is 11.3. The molecule has 0 radical (unpaired) electrons. The van der Waals surface area contributed by atoms with Gasteiger partial charge in [-0.2, -0.15) is 5.10 Å². The Morgan fingerprint density at radius 2 is 1.85 bits per heavy atom. The van der Waals surface area contributed by atoms with E-state index in [2.05, 4.69) is 5.10 Å². The van der Waals surface area contributed by atoms with Gasteiger partial charge >= 0.3 is 0 Å². The van der Waals surface area contributed by atoms with Crippen LogP contribution in [0.3, 0.4) is 0 Å². The summed E-state index contributed by atoms with van der Waals surface area (Å²) in [6.45, 7) is 2.95. The molecule has 20 heavy (non-hydrogen) atoms. The molecule has 5 heteroatoms. The van der Waals surface area contributed by atoms with Gasteiger partial charge in [-0.1, -0.05) is 24.3 Å². The average molecular weight is 268 g/mol. The third-order valence-electron chi connectivity index (χ3n) is 3.34. The average Bonchev–Trinajstić information content (AvgIpc) is 2.84. The van der Waals surface area contributed by atoms with E-state index in [0.717, 1.165) is 16.8 Å². The molecule has 0 aliphatic carbocycles. The minimum Gasteiger partial charge on any atom is -0.326 e. The van der Waals surface area contributed by atoms with Gasteiger partial charge in [0.2, 0.25) is 0 Å². The first-order valence-electron chi connectivity index (χ1n) is 6.50. The third kappa shape index (κ3) is 2.23. The lowest BCUT2D eigenvalue weighted by Gasteiger charge is -2.07. The Morgan fingerprint density at radius 3 is 2.55 bits per heavy atom. The first kappa shape index (κ1) is 12.6. The van der Waals surface area contributed by atoms with Crippen LogP contribution < -0.4 is 11.3 Å². The third-order valence-corrected chi connectivity index (χ3v) is 3.34. The highest BCUT2D eigenvalue weighted by atomic mass is 16.1. The largest absolute Gasteiger partial charge is 0.326 e. The number of hydrogen-bond donors (Lipinski definition) is 1. The number of nitrogens with two attached hydrogens (primary N) is 1. The van der Waals surface area contributed by atoms with Crippen LogP contribution in [0.15, 0.2) is 47.5 Å². The fourth-order valence-electron chi connectivity index (χ4n) is 2.25. The lowest BCUT2D eigenvalue weighted by Crippen LogP contribution is -2.21. The van der Waals surface area contributed by atoms with Crippen LogP contribution in [0.2, 0.25) is 0 Å². The van der Waals surface area contributed by atoms with Gasteiger partial charge in [0.15, 0.2) is 0 Å². The first-order valence-corrected chi connectivity index (χ1v) is 6.50. The van der Waals surface area contributed by atoms with Crippen LogP contribution in [0.25, 0.3) is 5.52 Å². The van der Waals surface area contributed by atoms with Crippen LogP contribution in [0.4, 0.5) is 0 Å². The maximum Gasteiger partial charge on any atom is 0.276 e. The minimum atomic E-state index is -0.0315.